The molecule has 0 bridgehead atoms. The maximum atomic E-state index is 13.6. The molecule has 0 aromatic heterocycles. The van der Waals surface area contributed by atoms with Gasteiger partial charge in [-0.1, -0.05) is 77.3 Å². The summed E-state index contributed by atoms with van der Waals surface area (Å²) in [5.74, 6) is 0.450. The van der Waals surface area contributed by atoms with Gasteiger partial charge in [0, 0.05) is 25.4 Å². The van der Waals surface area contributed by atoms with Crippen molar-refractivity contribution in [2.75, 3.05) is 6.61 Å². The molecule has 3 rings (SSSR count). The fourth-order valence-electron chi connectivity index (χ4n) is 3.96. The van der Waals surface area contributed by atoms with Crippen molar-refractivity contribution < 1.29 is 14.3 Å². The second-order valence-corrected chi connectivity index (χ2v) is 10.2. The Balaban J connectivity index is 1.80. The number of ether oxygens (including phenoxy) is 1. The fourth-order valence-corrected chi connectivity index (χ4v) is 4.28. The molecule has 37 heavy (non-hydrogen) atoms. The highest BCUT2D eigenvalue weighted by Crippen LogP contribution is 2.25. The summed E-state index contributed by atoms with van der Waals surface area (Å²) in [6.45, 7) is 6.47. The van der Waals surface area contributed by atoms with E-state index in [-0.39, 0.29) is 30.8 Å². The Labute approximate surface area is 229 Å². The minimum atomic E-state index is -0.690. The minimum absolute atomic E-state index is 0.0596. The Kier molecular flexibility index (Phi) is 10.8. The molecule has 0 aliphatic heterocycles. The molecule has 5 nitrogen and oxygen atoms in total. The first kappa shape index (κ1) is 28.5. The van der Waals surface area contributed by atoms with Gasteiger partial charge in [-0.3, -0.25) is 9.59 Å². The lowest BCUT2D eigenvalue weighted by atomic mass is 10.0. The molecular formula is C30H34Cl2N2O3. The molecule has 0 fully saturated rings. The van der Waals surface area contributed by atoms with Gasteiger partial charge in [-0.2, -0.15) is 0 Å². The number of halogens is 2. The average molecular weight is 542 g/mol. The van der Waals surface area contributed by atoms with E-state index in [1.165, 1.54) is 0 Å². The first-order valence-corrected chi connectivity index (χ1v) is 13.3. The summed E-state index contributed by atoms with van der Waals surface area (Å²) in [5.41, 5.74) is 2.93. The summed E-state index contributed by atoms with van der Waals surface area (Å²) >= 11 is 12.4. The van der Waals surface area contributed by atoms with E-state index < -0.39 is 6.04 Å². The Morgan fingerprint density at radius 2 is 1.62 bits per heavy atom. The third-order valence-electron chi connectivity index (χ3n) is 5.86. The summed E-state index contributed by atoms with van der Waals surface area (Å²) in [5, 5.41) is 3.84. The number of aryl methyl sites for hydroxylation is 1. The zero-order chi connectivity index (χ0) is 26.8. The molecule has 7 heteroatoms. The van der Waals surface area contributed by atoms with Gasteiger partial charge in [0.05, 0.1) is 16.7 Å². The summed E-state index contributed by atoms with van der Waals surface area (Å²) in [4.78, 5) is 28.6. The van der Waals surface area contributed by atoms with Crippen molar-refractivity contribution in [3.8, 4) is 5.75 Å². The fraction of sp³-hybridized carbons (Fsp3) is 0.333. The molecule has 0 heterocycles. The van der Waals surface area contributed by atoms with Crippen molar-refractivity contribution in [3.63, 3.8) is 0 Å². The molecule has 3 aromatic carbocycles. The number of hydrogen-bond acceptors (Lipinski definition) is 3. The first-order chi connectivity index (χ1) is 17.7. The van der Waals surface area contributed by atoms with Crippen molar-refractivity contribution in [3.05, 3.63) is 99.5 Å². The molecule has 0 aliphatic rings. The smallest absolute Gasteiger partial charge is 0.243 e. The number of rotatable bonds is 12. The number of carbonyl (C=O) groups is 2. The molecule has 0 saturated heterocycles. The third-order valence-corrected chi connectivity index (χ3v) is 6.60. The molecule has 1 atom stereocenters. The number of nitrogens with one attached hydrogen (secondary N) is 1. The van der Waals surface area contributed by atoms with Crippen LogP contribution in [0, 0.1) is 6.92 Å². The van der Waals surface area contributed by atoms with E-state index in [2.05, 4.69) is 5.32 Å². The Bertz CT molecular complexity index is 1170. The van der Waals surface area contributed by atoms with E-state index >= 15 is 0 Å². The van der Waals surface area contributed by atoms with Crippen LogP contribution in [0.3, 0.4) is 0 Å². The number of carbonyl (C=O) groups excluding carboxylic acids is 2. The summed E-state index contributed by atoms with van der Waals surface area (Å²) < 4.78 is 5.81. The maximum absolute atomic E-state index is 13.6. The molecule has 0 aliphatic carbocycles. The van der Waals surface area contributed by atoms with Gasteiger partial charge in [0.1, 0.15) is 11.8 Å². The molecule has 3 aromatic rings. The summed E-state index contributed by atoms with van der Waals surface area (Å²) in [7, 11) is 0. The molecule has 196 valence electrons. The zero-order valence-corrected chi connectivity index (χ0v) is 23.1. The van der Waals surface area contributed by atoms with Crippen LogP contribution in [0.1, 0.15) is 43.4 Å². The number of amides is 2. The van der Waals surface area contributed by atoms with Crippen molar-refractivity contribution >= 4 is 35.0 Å². The lowest BCUT2D eigenvalue weighted by Gasteiger charge is -2.32. The molecular weight excluding hydrogens is 507 g/mol. The van der Waals surface area contributed by atoms with Crippen LogP contribution in [-0.2, 0) is 22.6 Å². The van der Waals surface area contributed by atoms with Gasteiger partial charge in [0.2, 0.25) is 11.8 Å². The van der Waals surface area contributed by atoms with Crippen LogP contribution in [-0.4, -0.2) is 35.4 Å². The topological polar surface area (TPSA) is 58.6 Å². The van der Waals surface area contributed by atoms with E-state index in [0.29, 0.717) is 29.5 Å². The van der Waals surface area contributed by atoms with Crippen LogP contribution in [0.5, 0.6) is 5.75 Å². The van der Waals surface area contributed by atoms with Crippen LogP contribution < -0.4 is 10.1 Å². The van der Waals surface area contributed by atoms with Crippen LogP contribution in [0.2, 0.25) is 10.0 Å². The second kappa shape index (κ2) is 14.1. The van der Waals surface area contributed by atoms with E-state index in [9.17, 15) is 9.59 Å². The first-order valence-electron chi connectivity index (χ1n) is 12.5. The highest BCUT2D eigenvalue weighted by molar-refractivity contribution is 6.42. The molecule has 1 N–H and O–H groups in total. The van der Waals surface area contributed by atoms with Gasteiger partial charge in [-0.05, 0) is 62.6 Å². The van der Waals surface area contributed by atoms with Crippen LogP contribution >= 0.6 is 23.2 Å². The highest BCUT2D eigenvalue weighted by atomic mass is 35.5. The zero-order valence-electron chi connectivity index (χ0n) is 21.5. The second-order valence-electron chi connectivity index (χ2n) is 9.40. The van der Waals surface area contributed by atoms with Crippen molar-refractivity contribution in [2.45, 2.75) is 58.7 Å². The third kappa shape index (κ3) is 9.10. The predicted octanol–water partition coefficient (Wildman–Crippen LogP) is 6.63. The molecule has 2 amide bonds. The molecule has 0 radical (unpaired) electrons. The minimum Gasteiger partial charge on any atom is -0.494 e. The van der Waals surface area contributed by atoms with Gasteiger partial charge in [0.25, 0.3) is 0 Å². The number of hydrogen-bond donors (Lipinski definition) is 1. The summed E-state index contributed by atoms with van der Waals surface area (Å²) in [6, 6.07) is 22.1. The van der Waals surface area contributed by atoms with Gasteiger partial charge < -0.3 is 15.0 Å². The van der Waals surface area contributed by atoms with Crippen molar-refractivity contribution in [2.24, 2.45) is 0 Å². The van der Waals surface area contributed by atoms with Crippen molar-refractivity contribution in [1.29, 1.82) is 0 Å². The lowest BCUT2D eigenvalue weighted by Crippen LogP contribution is -2.51. The molecule has 0 saturated carbocycles. The largest absolute Gasteiger partial charge is 0.494 e. The predicted molar refractivity (Wildman–Crippen MR) is 150 cm³/mol. The average Bonchev–Trinajstić information content (AvgIpc) is 2.87. The maximum Gasteiger partial charge on any atom is 0.243 e. The highest BCUT2D eigenvalue weighted by Gasteiger charge is 2.30. The van der Waals surface area contributed by atoms with E-state index in [4.69, 9.17) is 27.9 Å². The van der Waals surface area contributed by atoms with E-state index in [0.717, 1.165) is 22.4 Å². The quantitative estimate of drug-likeness (QED) is 0.262. The molecule has 0 spiro atoms. The lowest BCUT2D eigenvalue weighted by molar-refractivity contribution is -0.141. The van der Waals surface area contributed by atoms with Gasteiger partial charge in [-0.25, -0.2) is 0 Å². The van der Waals surface area contributed by atoms with E-state index in [1.807, 2.05) is 81.4 Å². The Morgan fingerprint density at radius 1 is 0.919 bits per heavy atom. The SMILES string of the molecule is Cc1ccc(OCCCC(=O)N(Cc2ccc(Cl)c(Cl)c2)[C@@H](Cc2ccccc2)C(=O)NC(C)C)cc1. The van der Waals surface area contributed by atoms with Crippen LogP contribution in [0.25, 0.3) is 0 Å². The van der Waals surface area contributed by atoms with Crippen LogP contribution in [0.15, 0.2) is 72.8 Å². The van der Waals surface area contributed by atoms with Gasteiger partial charge in [-0.15, -0.1) is 0 Å². The summed E-state index contributed by atoms with van der Waals surface area (Å²) in [6.07, 6.45) is 1.16. The molecule has 0 unspecified atom stereocenters. The Morgan fingerprint density at radius 3 is 2.27 bits per heavy atom. The monoisotopic (exact) mass is 540 g/mol. The Hall–Kier alpha value is -3.02. The normalized spacial score (nSPS) is 11.7. The van der Waals surface area contributed by atoms with E-state index in [1.54, 1.807) is 17.0 Å². The standard InChI is InChI=1S/C30H34Cl2N2O3/c1-21(2)33-30(36)28(19-23-8-5-4-6-9-23)34(20-24-13-16-26(31)27(32)18-24)29(35)10-7-17-37-25-14-11-22(3)12-15-25/h4-6,8-9,11-16,18,21,28H,7,10,17,19-20H2,1-3H3,(H,33,36)/t28-/m0/s1. The van der Waals surface area contributed by atoms with Crippen LogP contribution in [0.4, 0.5) is 0 Å². The van der Waals surface area contributed by atoms with Gasteiger partial charge in [0.15, 0.2) is 0 Å². The number of nitrogens with zero attached hydrogens (tertiary/aromatic N) is 1. The van der Waals surface area contributed by atoms with Gasteiger partial charge >= 0.3 is 0 Å². The number of benzene rings is 3. The van der Waals surface area contributed by atoms with Crippen molar-refractivity contribution in [1.82, 2.24) is 10.2 Å².